The molecule has 10 rings (SSSR count). The summed E-state index contributed by atoms with van der Waals surface area (Å²) in [5.74, 6) is 0. The first-order valence-corrected chi connectivity index (χ1v) is 16.7. The monoisotopic (exact) mass is 617 g/mol. The van der Waals surface area contributed by atoms with Crippen molar-refractivity contribution in [3.63, 3.8) is 0 Å². The van der Waals surface area contributed by atoms with Gasteiger partial charge in [0.05, 0.1) is 0 Å². The van der Waals surface area contributed by atoms with E-state index in [0.717, 1.165) is 39.0 Å². The summed E-state index contributed by atoms with van der Waals surface area (Å²) in [4.78, 5) is 2.37. The maximum atomic E-state index is 6.21. The third-order valence-electron chi connectivity index (χ3n) is 9.42. The van der Waals surface area contributed by atoms with Crippen LogP contribution in [0.2, 0.25) is 0 Å². The highest BCUT2D eigenvalue weighted by molar-refractivity contribution is 7.25. The van der Waals surface area contributed by atoms with E-state index in [1.165, 1.54) is 52.8 Å². The highest BCUT2D eigenvalue weighted by atomic mass is 32.1. The van der Waals surface area contributed by atoms with E-state index in [2.05, 4.69) is 157 Å². The van der Waals surface area contributed by atoms with Crippen molar-refractivity contribution in [1.29, 1.82) is 0 Å². The van der Waals surface area contributed by atoms with E-state index in [1.807, 2.05) is 23.5 Å². The molecule has 0 saturated carbocycles. The minimum atomic E-state index is 0.896. The van der Waals surface area contributed by atoms with E-state index in [4.69, 9.17) is 4.42 Å². The van der Waals surface area contributed by atoms with Crippen molar-refractivity contribution in [2.24, 2.45) is 0 Å². The van der Waals surface area contributed by atoms with Gasteiger partial charge in [-0.25, -0.2) is 0 Å². The Morgan fingerprint density at radius 1 is 0.383 bits per heavy atom. The summed E-state index contributed by atoms with van der Waals surface area (Å²) >= 11 is 1.86. The fourth-order valence-corrected chi connectivity index (χ4v) is 8.27. The lowest BCUT2D eigenvalue weighted by molar-refractivity contribution is 0.669. The predicted octanol–water partition coefficient (Wildman–Crippen LogP) is 13.4. The van der Waals surface area contributed by atoms with Crippen LogP contribution in [0.5, 0.6) is 0 Å². The average molecular weight is 618 g/mol. The van der Waals surface area contributed by atoms with Crippen LogP contribution in [-0.4, -0.2) is 0 Å². The van der Waals surface area contributed by atoms with Gasteiger partial charge >= 0.3 is 0 Å². The second-order valence-electron chi connectivity index (χ2n) is 12.2. The van der Waals surface area contributed by atoms with E-state index in [1.54, 1.807) is 0 Å². The number of anilines is 3. The summed E-state index contributed by atoms with van der Waals surface area (Å²) < 4.78 is 8.82. The number of nitrogens with zero attached hydrogens (tertiary/aromatic N) is 1. The molecular weight excluding hydrogens is 591 g/mol. The number of thiophene rings is 1. The molecule has 0 fully saturated rings. The van der Waals surface area contributed by atoms with Crippen LogP contribution in [-0.2, 0) is 0 Å². The Morgan fingerprint density at radius 2 is 1.00 bits per heavy atom. The number of furan rings is 1. The molecule has 0 amide bonds. The SMILES string of the molecule is c1ccc2cc3c(cc2c1)sc1ccc(N(c2ccc(-c4cccc5ccccc45)cc2)c2ccc4oc5ccccc5c4c2)cc13. The summed E-state index contributed by atoms with van der Waals surface area (Å²) in [7, 11) is 0. The van der Waals surface area contributed by atoms with Crippen molar-refractivity contribution in [3.8, 4) is 11.1 Å². The Labute approximate surface area is 275 Å². The van der Waals surface area contributed by atoms with Crippen molar-refractivity contribution in [1.82, 2.24) is 0 Å². The van der Waals surface area contributed by atoms with E-state index in [9.17, 15) is 0 Å². The maximum Gasteiger partial charge on any atom is 0.135 e. The molecule has 8 aromatic carbocycles. The Kier molecular flexibility index (Phi) is 5.78. The van der Waals surface area contributed by atoms with Crippen molar-refractivity contribution >= 4 is 92.1 Å². The van der Waals surface area contributed by atoms with E-state index >= 15 is 0 Å². The zero-order valence-corrected chi connectivity index (χ0v) is 26.2. The molecule has 0 aliphatic heterocycles. The highest BCUT2D eigenvalue weighted by Crippen LogP contribution is 2.43. The summed E-state index contributed by atoms with van der Waals surface area (Å²) in [6.45, 7) is 0. The van der Waals surface area contributed by atoms with Gasteiger partial charge in [0.1, 0.15) is 11.2 Å². The van der Waals surface area contributed by atoms with Crippen LogP contribution in [0, 0.1) is 0 Å². The normalized spacial score (nSPS) is 11.8. The lowest BCUT2D eigenvalue weighted by Crippen LogP contribution is -2.09. The van der Waals surface area contributed by atoms with Gasteiger partial charge in [-0.1, -0.05) is 97.1 Å². The summed E-state index contributed by atoms with van der Waals surface area (Å²) in [5, 5.41) is 9.88. The minimum Gasteiger partial charge on any atom is -0.456 e. The second-order valence-corrected chi connectivity index (χ2v) is 13.2. The number of rotatable bonds is 4. The third kappa shape index (κ3) is 4.25. The highest BCUT2D eigenvalue weighted by Gasteiger charge is 2.18. The molecule has 0 unspecified atom stereocenters. The number of para-hydroxylation sites is 1. The van der Waals surface area contributed by atoms with Gasteiger partial charge in [0.15, 0.2) is 0 Å². The molecular formula is C44H27NOS. The molecule has 2 aromatic heterocycles. The van der Waals surface area contributed by atoms with Crippen LogP contribution >= 0.6 is 11.3 Å². The third-order valence-corrected chi connectivity index (χ3v) is 10.6. The van der Waals surface area contributed by atoms with Gasteiger partial charge in [-0.15, -0.1) is 11.3 Å². The summed E-state index contributed by atoms with van der Waals surface area (Å²) in [5.41, 5.74) is 7.56. The fraction of sp³-hybridized carbons (Fsp3) is 0. The molecule has 0 saturated heterocycles. The molecule has 47 heavy (non-hydrogen) atoms. The van der Waals surface area contributed by atoms with Gasteiger partial charge in [0.25, 0.3) is 0 Å². The molecule has 0 bridgehead atoms. The van der Waals surface area contributed by atoms with Gasteiger partial charge in [-0.2, -0.15) is 0 Å². The molecule has 0 radical (unpaired) electrons. The molecule has 0 spiro atoms. The first kappa shape index (κ1) is 26.3. The van der Waals surface area contributed by atoms with Gasteiger partial charge in [0.2, 0.25) is 0 Å². The molecule has 10 aromatic rings. The molecule has 0 atom stereocenters. The smallest absolute Gasteiger partial charge is 0.135 e. The first-order chi connectivity index (χ1) is 23.3. The molecule has 220 valence electrons. The number of fused-ring (bicyclic) bond motifs is 8. The van der Waals surface area contributed by atoms with Crippen molar-refractivity contribution in [3.05, 3.63) is 164 Å². The van der Waals surface area contributed by atoms with Gasteiger partial charge in [0, 0.05) is 48.0 Å². The Balaban J connectivity index is 1.17. The van der Waals surface area contributed by atoms with Gasteiger partial charge in [-0.3, -0.25) is 0 Å². The topological polar surface area (TPSA) is 16.4 Å². The zero-order valence-electron chi connectivity index (χ0n) is 25.4. The van der Waals surface area contributed by atoms with Crippen LogP contribution in [0.15, 0.2) is 168 Å². The molecule has 3 heteroatoms. The molecule has 0 N–H and O–H groups in total. The Bertz CT molecular complexity index is 2800. The van der Waals surface area contributed by atoms with E-state index in [0.29, 0.717) is 0 Å². The molecule has 2 nitrogen and oxygen atoms in total. The zero-order chi connectivity index (χ0) is 30.9. The average Bonchev–Trinajstić information content (AvgIpc) is 3.68. The van der Waals surface area contributed by atoms with E-state index < -0.39 is 0 Å². The van der Waals surface area contributed by atoms with Crippen LogP contribution in [0.25, 0.3) is 74.8 Å². The molecule has 0 aliphatic carbocycles. The quantitative estimate of drug-likeness (QED) is 0.195. The first-order valence-electron chi connectivity index (χ1n) is 15.9. The Hall–Kier alpha value is -5.90. The maximum absolute atomic E-state index is 6.21. The lowest BCUT2D eigenvalue weighted by atomic mass is 9.98. The van der Waals surface area contributed by atoms with Gasteiger partial charge < -0.3 is 9.32 Å². The lowest BCUT2D eigenvalue weighted by Gasteiger charge is -2.26. The molecule has 0 aliphatic rings. The largest absolute Gasteiger partial charge is 0.456 e. The summed E-state index contributed by atoms with van der Waals surface area (Å²) in [6.07, 6.45) is 0. The Morgan fingerprint density at radius 3 is 1.85 bits per heavy atom. The second kappa shape index (κ2) is 10.3. The number of hydrogen-bond acceptors (Lipinski definition) is 3. The van der Waals surface area contributed by atoms with Crippen LogP contribution in [0.1, 0.15) is 0 Å². The van der Waals surface area contributed by atoms with Crippen molar-refractivity contribution in [2.45, 2.75) is 0 Å². The van der Waals surface area contributed by atoms with E-state index in [-0.39, 0.29) is 0 Å². The predicted molar refractivity (Wildman–Crippen MR) is 202 cm³/mol. The van der Waals surface area contributed by atoms with Crippen LogP contribution < -0.4 is 4.90 Å². The number of benzene rings is 8. The van der Waals surface area contributed by atoms with Crippen LogP contribution in [0.4, 0.5) is 17.1 Å². The van der Waals surface area contributed by atoms with Crippen molar-refractivity contribution < 1.29 is 4.42 Å². The van der Waals surface area contributed by atoms with Gasteiger partial charge in [-0.05, 0) is 99.4 Å². The van der Waals surface area contributed by atoms with Crippen LogP contribution in [0.3, 0.4) is 0 Å². The standard InChI is InChI=1S/C44H27NOS/c1-2-10-31-25-44-39(24-30(31)9-1)40-27-34(21-23-43(40)47-44)45(33-20-22-42-38(26-33)37-13-5-6-15-41(37)46-42)32-18-16-29(17-19-32)36-14-7-11-28-8-3-4-12-35(28)36/h1-27H. The van der Waals surface area contributed by atoms with Crippen molar-refractivity contribution in [2.75, 3.05) is 4.90 Å². The summed E-state index contributed by atoms with van der Waals surface area (Å²) in [6, 6.07) is 59.2. The fourth-order valence-electron chi connectivity index (χ4n) is 7.16. The minimum absolute atomic E-state index is 0.896. The number of hydrogen-bond donors (Lipinski definition) is 0. The molecule has 2 heterocycles.